The van der Waals surface area contributed by atoms with E-state index in [1.807, 2.05) is 39.0 Å². The van der Waals surface area contributed by atoms with Gasteiger partial charge in [0.1, 0.15) is 11.8 Å². The molecular weight excluding hydrogens is 435 g/mol. The van der Waals surface area contributed by atoms with E-state index in [0.29, 0.717) is 17.7 Å². The van der Waals surface area contributed by atoms with Crippen molar-refractivity contribution in [2.24, 2.45) is 5.92 Å². The zero-order chi connectivity index (χ0) is 23.0. The van der Waals surface area contributed by atoms with Crippen LogP contribution in [0.5, 0.6) is 5.75 Å². The Balaban J connectivity index is 0.00000512. The second-order valence-corrected chi connectivity index (χ2v) is 8.09. The molecule has 7 nitrogen and oxygen atoms in total. The Kier molecular flexibility index (Phi) is 11.6. The van der Waals surface area contributed by atoms with E-state index in [1.54, 1.807) is 36.4 Å². The number of carbonyl (C=O) groups excluding carboxylic acids is 2. The molecule has 0 fully saturated rings. The van der Waals surface area contributed by atoms with Crippen molar-refractivity contribution in [1.29, 1.82) is 0 Å². The van der Waals surface area contributed by atoms with Crippen molar-refractivity contribution in [1.82, 2.24) is 10.6 Å². The van der Waals surface area contributed by atoms with Gasteiger partial charge in [0.05, 0.1) is 0 Å². The van der Waals surface area contributed by atoms with Crippen LogP contribution in [0.3, 0.4) is 0 Å². The van der Waals surface area contributed by atoms with E-state index >= 15 is 0 Å². The van der Waals surface area contributed by atoms with Crippen molar-refractivity contribution in [2.75, 3.05) is 6.61 Å². The number of carboxylic acids is 1. The summed E-state index contributed by atoms with van der Waals surface area (Å²) in [7, 11) is 0. The van der Waals surface area contributed by atoms with Gasteiger partial charge in [-0.15, -0.1) is 0 Å². The first-order valence-electron chi connectivity index (χ1n) is 10.2. The van der Waals surface area contributed by atoms with Gasteiger partial charge in [-0.25, -0.2) is 4.79 Å². The molecule has 0 heterocycles. The van der Waals surface area contributed by atoms with Gasteiger partial charge in [-0.3, -0.25) is 9.59 Å². The maximum atomic E-state index is 13.0. The number of amides is 2. The minimum atomic E-state index is -1.63. The Labute approximate surface area is 233 Å². The van der Waals surface area contributed by atoms with E-state index in [0.717, 1.165) is 5.56 Å². The smallest absolute Gasteiger partial charge is 1.00 e. The van der Waals surface area contributed by atoms with E-state index in [-0.39, 0.29) is 65.3 Å². The molecule has 0 aliphatic heterocycles. The number of benzene rings is 2. The normalized spacial score (nSPS) is 13.3. The van der Waals surface area contributed by atoms with E-state index in [4.69, 9.17) is 4.74 Å². The van der Waals surface area contributed by atoms with Crippen LogP contribution >= 0.6 is 0 Å². The van der Waals surface area contributed by atoms with Crippen LogP contribution in [-0.2, 0) is 19.9 Å². The first kappa shape index (κ1) is 28.3. The molecule has 0 aliphatic rings. The van der Waals surface area contributed by atoms with E-state index in [9.17, 15) is 19.5 Å². The Hall–Kier alpha value is -1.71. The molecule has 0 aliphatic carbocycles. The number of para-hydroxylation sites is 1. The molecule has 2 rings (SSSR count). The average molecular weight is 467 g/mol. The zero-order valence-electron chi connectivity index (χ0n) is 20.3. The number of aryl methyl sites for hydroxylation is 1. The maximum Gasteiger partial charge on any atom is 1.00 e. The molecule has 0 saturated heterocycles. The SMILES string of the molecule is Cc1ccccc1OCC(=O)N[C@@H](CC(C)C)C(=O)NC(C)(C(=O)O)c1ccccc1.[H-].[K+]. The van der Waals surface area contributed by atoms with Gasteiger partial charge in [0.15, 0.2) is 12.1 Å². The monoisotopic (exact) mass is 466 g/mol. The van der Waals surface area contributed by atoms with Crippen molar-refractivity contribution in [3.63, 3.8) is 0 Å². The number of carboxylic acid groups (broad SMARTS) is 1. The van der Waals surface area contributed by atoms with E-state index in [2.05, 4.69) is 10.6 Å². The molecule has 3 N–H and O–H groups in total. The summed E-state index contributed by atoms with van der Waals surface area (Å²) in [4.78, 5) is 37.5. The fourth-order valence-corrected chi connectivity index (χ4v) is 3.15. The molecule has 2 atom stereocenters. The first-order valence-corrected chi connectivity index (χ1v) is 10.2. The predicted molar refractivity (Wildman–Crippen MR) is 119 cm³/mol. The van der Waals surface area contributed by atoms with Crippen molar-refractivity contribution in [3.05, 3.63) is 65.7 Å². The third kappa shape index (κ3) is 8.01. The number of aliphatic carboxylic acids is 1. The summed E-state index contributed by atoms with van der Waals surface area (Å²) in [6.07, 6.45) is 0.354. The number of hydrogen-bond donors (Lipinski definition) is 3. The van der Waals surface area contributed by atoms with Crippen molar-refractivity contribution in [3.8, 4) is 5.75 Å². The Morgan fingerprint density at radius 1 is 1.06 bits per heavy atom. The Morgan fingerprint density at radius 3 is 2.22 bits per heavy atom. The minimum Gasteiger partial charge on any atom is -1.00 e. The van der Waals surface area contributed by atoms with Crippen LogP contribution < -0.4 is 66.8 Å². The van der Waals surface area contributed by atoms with Crippen molar-refractivity contribution in [2.45, 2.75) is 45.7 Å². The molecule has 0 saturated carbocycles. The summed E-state index contributed by atoms with van der Waals surface area (Å²) in [6.45, 7) is 6.89. The number of nitrogens with one attached hydrogen (secondary N) is 2. The van der Waals surface area contributed by atoms with Crippen LogP contribution in [0.2, 0.25) is 0 Å². The standard InChI is InChI=1S/C24H30N2O5.K.H/c1-16(2)14-19(25-21(27)15-31-20-13-9-8-10-17(20)3)22(28)26-24(4,23(29)30)18-11-6-5-7-12-18;;/h5-13,16,19H,14-15H2,1-4H3,(H,25,27)(H,26,28)(H,29,30);;/q;+1;-1/t19-,24?;;/m0../s1. The predicted octanol–water partition coefficient (Wildman–Crippen LogP) is 0.137. The summed E-state index contributed by atoms with van der Waals surface area (Å²) >= 11 is 0. The molecular formula is C24H31KN2O5. The summed E-state index contributed by atoms with van der Waals surface area (Å²) in [6, 6.07) is 14.9. The number of rotatable bonds is 10. The Bertz CT molecular complexity index is 926. The summed E-state index contributed by atoms with van der Waals surface area (Å²) in [5.41, 5.74) is -0.295. The number of ether oxygens (including phenoxy) is 1. The van der Waals surface area contributed by atoms with Gasteiger partial charge in [-0.05, 0) is 43.4 Å². The summed E-state index contributed by atoms with van der Waals surface area (Å²) in [5.74, 6) is -1.52. The fraction of sp³-hybridized carbons (Fsp3) is 0.375. The molecule has 2 amide bonds. The van der Waals surface area contributed by atoms with Gasteiger partial charge in [0.25, 0.3) is 5.91 Å². The third-order valence-corrected chi connectivity index (χ3v) is 4.96. The van der Waals surface area contributed by atoms with Crippen molar-refractivity contribution < 1.29 is 77.0 Å². The van der Waals surface area contributed by atoms with Gasteiger partial charge >= 0.3 is 57.4 Å². The van der Waals surface area contributed by atoms with Gasteiger partial charge < -0.3 is 21.9 Å². The van der Waals surface area contributed by atoms with Crippen LogP contribution in [0.4, 0.5) is 0 Å². The molecule has 2 aromatic carbocycles. The summed E-state index contributed by atoms with van der Waals surface area (Å²) in [5, 5.41) is 15.1. The molecule has 0 bridgehead atoms. The largest absolute Gasteiger partial charge is 1.00 e. The molecule has 8 heteroatoms. The second-order valence-electron chi connectivity index (χ2n) is 8.09. The van der Waals surface area contributed by atoms with Crippen LogP contribution in [0, 0.1) is 12.8 Å². The number of carbonyl (C=O) groups is 3. The quantitative estimate of drug-likeness (QED) is 0.432. The minimum absolute atomic E-state index is 0. The fourth-order valence-electron chi connectivity index (χ4n) is 3.15. The molecule has 0 aromatic heterocycles. The maximum absolute atomic E-state index is 13.0. The zero-order valence-corrected chi connectivity index (χ0v) is 22.5. The number of hydrogen-bond acceptors (Lipinski definition) is 4. The van der Waals surface area contributed by atoms with Crippen LogP contribution in [-0.4, -0.2) is 35.5 Å². The average Bonchev–Trinajstić information content (AvgIpc) is 2.72. The van der Waals surface area contributed by atoms with Gasteiger partial charge in [0, 0.05) is 0 Å². The third-order valence-electron chi connectivity index (χ3n) is 4.96. The second kappa shape index (κ2) is 13.1. The topological polar surface area (TPSA) is 105 Å². The van der Waals surface area contributed by atoms with E-state index < -0.39 is 29.4 Å². The van der Waals surface area contributed by atoms with Gasteiger partial charge in [-0.1, -0.05) is 62.4 Å². The molecule has 168 valence electrons. The van der Waals surface area contributed by atoms with Crippen LogP contribution in [0.1, 0.15) is 39.7 Å². The first-order chi connectivity index (χ1) is 14.6. The molecule has 2 aromatic rings. The van der Waals surface area contributed by atoms with E-state index in [1.165, 1.54) is 6.92 Å². The molecule has 1 unspecified atom stereocenters. The molecule has 0 radical (unpaired) electrons. The van der Waals surface area contributed by atoms with Crippen LogP contribution in [0.15, 0.2) is 54.6 Å². The van der Waals surface area contributed by atoms with Gasteiger partial charge in [0.2, 0.25) is 5.91 Å². The summed E-state index contributed by atoms with van der Waals surface area (Å²) < 4.78 is 5.55. The van der Waals surface area contributed by atoms with Crippen molar-refractivity contribution >= 4 is 17.8 Å². The molecule has 0 spiro atoms. The van der Waals surface area contributed by atoms with Crippen LogP contribution in [0.25, 0.3) is 0 Å². The van der Waals surface area contributed by atoms with Gasteiger partial charge in [-0.2, -0.15) is 0 Å². The Morgan fingerprint density at radius 2 is 1.66 bits per heavy atom. The molecule has 32 heavy (non-hydrogen) atoms.